The van der Waals surface area contributed by atoms with Crippen LogP contribution in [0.2, 0.25) is 0 Å². The highest BCUT2D eigenvalue weighted by Crippen LogP contribution is 2.38. The molecule has 1 amide bonds. The maximum absolute atomic E-state index is 13.5. The fourth-order valence-corrected chi connectivity index (χ4v) is 3.08. The van der Waals surface area contributed by atoms with Gasteiger partial charge in [0.15, 0.2) is 5.69 Å². The van der Waals surface area contributed by atoms with Crippen LogP contribution < -0.4 is 4.90 Å². The van der Waals surface area contributed by atoms with E-state index >= 15 is 0 Å². The summed E-state index contributed by atoms with van der Waals surface area (Å²) in [4.78, 5) is 25.0. The minimum atomic E-state index is -4.92. The minimum absolute atomic E-state index is 0.0726. The molecule has 1 aromatic carbocycles. The summed E-state index contributed by atoms with van der Waals surface area (Å²) < 4.78 is 46.5. The highest BCUT2D eigenvalue weighted by molar-refractivity contribution is 5.92. The molecule has 10 heteroatoms. The number of anilines is 1. The highest BCUT2D eigenvalue weighted by atomic mass is 19.4. The number of hydrogen-bond donors (Lipinski definition) is 1. The van der Waals surface area contributed by atoms with E-state index in [4.69, 9.17) is 9.84 Å². The molecule has 0 saturated carbocycles. The third-order valence-corrected chi connectivity index (χ3v) is 4.11. The van der Waals surface area contributed by atoms with E-state index in [1.807, 2.05) is 0 Å². The van der Waals surface area contributed by atoms with Crippen LogP contribution in [0.25, 0.3) is 5.69 Å². The zero-order valence-electron chi connectivity index (χ0n) is 15.4. The summed E-state index contributed by atoms with van der Waals surface area (Å²) in [5.41, 5.74) is -2.09. The molecule has 2 heterocycles. The first kappa shape index (κ1) is 19.7. The lowest BCUT2D eigenvalue weighted by atomic mass is 10.1. The van der Waals surface area contributed by atoms with Crippen molar-refractivity contribution >= 4 is 17.7 Å². The number of benzene rings is 1. The molecule has 0 saturated heterocycles. The van der Waals surface area contributed by atoms with Crippen molar-refractivity contribution in [3.8, 4) is 5.69 Å². The van der Waals surface area contributed by atoms with E-state index in [9.17, 15) is 22.8 Å². The normalized spacial score (nSPS) is 14.1. The van der Waals surface area contributed by atoms with Gasteiger partial charge in [-0.3, -0.25) is 4.90 Å². The number of aromatic nitrogens is 2. The van der Waals surface area contributed by atoms with Crippen LogP contribution in [0, 0.1) is 0 Å². The number of aromatic carboxylic acids is 1. The lowest BCUT2D eigenvalue weighted by molar-refractivity contribution is -0.143. The Hall–Kier alpha value is -3.04. The molecule has 0 atom stereocenters. The second kappa shape index (κ2) is 6.54. The topological polar surface area (TPSA) is 84.7 Å². The van der Waals surface area contributed by atoms with E-state index in [-0.39, 0.29) is 18.7 Å². The smallest absolute Gasteiger partial charge is 0.434 e. The maximum Gasteiger partial charge on any atom is 0.434 e. The number of ether oxygens (including phenoxy) is 1. The second-order valence-corrected chi connectivity index (χ2v) is 7.28. The van der Waals surface area contributed by atoms with Gasteiger partial charge in [-0.15, -0.1) is 0 Å². The predicted octanol–water partition coefficient (Wildman–Crippen LogP) is 3.89. The predicted molar refractivity (Wildman–Crippen MR) is 92.8 cm³/mol. The maximum atomic E-state index is 13.5. The van der Waals surface area contributed by atoms with E-state index in [2.05, 4.69) is 5.10 Å². The molecule has 0 bridgehead atoms. The van der Waals surface area contributed by atoms with Crippen LogP contribution in [0.3, 0.4) is 0 Å². The summed E-state index contributed by atoms with van der Waals surface area (Å²) in [6.45, 7) is 5.37. The number of carbonyl (C=O) groups excluding carboxylic acids is 1. The number of carboxylic acid groups (broad SMARTS) is 1. The van der Waals surface area contributed by atoms with E-state index < -0.39 is 35.1 Å². The van der Waals surface area contributed by atoms with Crippen molar-refractivity contribution in [1.82, 2.24) is 9.78 Å². The Kier molecular flexibility index (Phi) is 4.60. The number of halogens is 3. The molecule has 1 aliphatic rings. The summed E-state index contributed by atoms with van der Waals surface area (Å²) in [5.74, 6) is -1.72. The van der Waals surface area contributed by atoms with Crippen molar-refractivity contribution in [3.63, 3.8) is 0 Å². The molecule has 0 spiro atoms. The Bertz CT molecular complexity index is 945. The zero-order valence-corrected chi connectivity index (χ0v) is 15.4. The summed E-state index contributed by atoms with van der Waals surface area (Å²) in [6.07, 6.45) is -4.57. The molecular weight excluding hydrogens is 379 g/mol. The standard InChI is InChI=1S/C18H18F3N3O4/c1-17(2,3)28-16(27)23-8-7-10-12(23)5-4-6-13(10)24-14(18(19,20)21)11(9-22-24)15(25)26/h4-6,9H,7-8H2,1-3H3,(H,25,26). The molecular formula is C18H18F3N3O4. The van der Waals surface area contributed by atoms with Crippen molar-refractivity contribution < 1.29 is 32.6 Å². The number of amides is 1. The SMILES string of the molecule is CC(C)(C)OC(=O)N1CCc2c1cccc2-n1ncc(C(=O)O)c1C(F)(F)F. The van der Waals surface area contributed by atoms with Gasteiger partial charge in [-0.05, 0) is 39.3 Å². The molecule has 1 N–H and O–H groups in total. The Morgan fingerprint density at radius 3 is 2.39 bits per heavy atom. The van der Waals surface area contributed by atoms with Crippen molar-refractivity contribution in [2.45, 2.75) is 39.0 Å². The van der Waals surface area contributed by atoms with E-state index in [1.165, 1.54) is 17.0 Å². The third kappa shape index (κ3) is 3.54. The number of nitrogens with zero attached hydrogens (tertiary/aromatic N) is 3. The number of carboxylic acids is 1. The van der Waals surface area contributed by atoms with E-state index in [0.717, 1.165) is 0 Å². The third-order valence-electron chi connectivity index (χ3n) is 4.11. The van der Waals surface area contributed by atoms with E-state index in [0.29, 0.717) is 22.1 Å². The van der Waals surface area contributed by atoms with Crippen LogP contribution in [0.15, 0.2) is 24.4 Å². The lowest BCUT2D eigenvalue weighted by Crippen LogP contribution is -2.35. The Morgan fingerprint density at radius 1 is 1.18 bits per heavy atom. The van der Waals surface area contributed by atoms with Crippen molar-refractivity contribution in [2.75, 3.05) is 11.4 Å². The molecule has 2 aromatic rings. The van der Waals surface area contributed by atoms with Crippen molar-refractivity contribution in [2.24, 2.45) is 0 Å². The number of hydrogen-bond acceptors (Lipinski definition) is 4. The van der Waals surface area contributed by atoms with Gasteiger partial charge in [0.1, 0.15) is 11.2 Å². The molecule has 1 aliphatic heterocycles. The monoisotopic (exact) mass is 397 g/mol. The van der Waals surface area contributed by atoms with Crippen molar-refractivity contribution in [1.29, 1.82) is 0 Å². The molecule has 7 nitrogen and oxygen atoms in total. The fraction of sp³-hybridized carbons (Fsp3) is 0.389. The van der Waals surface area contributed by atoms with Gasteiger partial charge < -0.3 is 9.84 Å². The largest absolute Gasteiger partial charge is 0.478 e. The van der Waals surface area contributed by atoms with Crippen LogP contribution in [-0.4, -0.2) is 39.1 Å². The molecule has 3 rings (SSSR count). The molecule has 0 unspecified atom stereocenters. The number of fused-ring (bicyclic) bond motifs is 1. The molecule has 0 fully saturated rings. The first-order chi connectivity index (χ1) is 12.9. The van der Waals surface area contributed by atoms with Gasteiger partial charge in [0.05, 0.1) is 17.6 Å². The van der Waals surface area contributed by atoms with Gasteiger partial charge >= 0.3 is 18.2 Å². The number of alkyl halides is 3. The van der Waals surface area contributed by atoms with Crippen LogP contribution in [0.5, 0.6) is 0 Å². The minimum Gasteiger partial charge on any atom is -0.478 e. The Morgan fingerprint density at radius 2 is 1.82 bits per heavy atom. The van der Waals surface area contributed by atoms with Crippen LogP contribution >= 0.6 is 0 Å². The quantitative estimate of drug-likeness (QED) is 0.831. The van der Waals surface area contributed by atoms with Crippen LogP contribution in [0.1, 0.15) is 42.4 Å². The Balaban J connectivity index is 2.09. The average Bonchev–Trinajstić information content (AvgIpc) is 3.17. The summed E-state index contributed by atoms with van der Waals surface area (Å²) in [5, 5.41) is 12.7. The fourth-order valence-electron chi connectivity index (χ4n) is 3.08. The highest BCUT2D eigenvalue weighted by Gasteiger charge is 2.41. The molecule has 1 aromatic heterocycles. The summed E-state index contributed by atoms with van der Waals surface area (Å²) >= 11 is 0. The second-order valence-electron chi connectivity index (χ2n) is 7.28. The molecule has 0 aliphatic carbocycles. The van der Waals surface area contributed by atoms with Gasteiger partial charge in [0.2, 0.25) is 0 Å². The Labute approximate surface area is 158 Å². The van der Waals surface area contributed by atoms with Gasteiger partial charge in [0.25, 0.3) is 0 Å². The molecule has 0 radical (unpaired) electrons. The van der Waals surface area contributed by atoms with Crippen LogP contribution in [-0.2, 0) is 17.3 Å². The number of rotatable bonds is 2. The van der Waals surface area contributed by atoms with Gasteiger partial charge in [-0.2, -0.15) is 18.3 Å². The molecule has 28 heavy (non-hydrogen) atoms. The molecule has 150 valence electrons. The number of carbonyl (C=O) groups is 2. The zero-order chi connectivity index (χ0) is 20.9. The van der Waals surface area contributed by atoms with Gasteiger partial charge in [-0.25, -0.2) is 14.3 Å². The van der Waals surface area contributed by atoms with Crippen LogP contribution in [0.4, 0.5) is 23.7 Å². The lowest BCUT2D eigenvalue weighted by Gasteiger charge is -2.25. The first-order valence-electron chi connectivity index (χ1n) is 8.41. The first-order valence-corrected chi connectivity index (χ1v) is 8.41. The van der Waals surface area contributed by atoms with E-state index in [1.54, 1.807) is 26.8 Å². The summed E-state index contributed by atoms with van der Waals surface area (Å²) in [7, 11) is 0. The van der Waals surface area contributed by atoms with Gasteiger partial charge in [-0.1, -0.05) is 6.07 Å². The average molecular weight is 397 g/mol. The van der Waals surface area contributed by atoms with Crippen molar-refractivity contribution in [3.05, 3.63) is 41.2 Å². The van der Waals surface area contributed by atoms with Gasteiger partial charge in [0, 0.05) is 12.1 Å². The summed E-state index contributed by atoms with van der Waals surface area (Å²) in [6, 6.07) is 4.50.